The van der Waals surface area contributed by atoms with Crippen molar-refractivity contribution in [2.75, 3.05) is 5.32 Å². The third-order valence-electron chi connectivity index (χ3n) is 3.97. The van der Waals surface area contributed by atoms with Gasteiger partial charge < -0.3 is 9.84 Å². The minimum atomic E-state index is -0.132. The van der Waals surface area contributed by atoms with Crippen molar-refractivity contribution in [2.45, 2.75) is 26.3 Å². The lowest BCUT2D eigenvalue weighted by Crippen LogP contribution is -2.13. The highest BCUT2D eigenvalue weighted by molar-refractivity contribution is 6.35. The van der Waals surface area contributed by atoms with Gasteiger partial charge in [0.05, 0.1) is 6.04 Å². The standard InChI is InChI=1S/C17H15Cl2N7O/c1-3-13(16-20-9(2)27-25-16)21-14-4-5-15-22-23-17(26(15)24-14)10-6-11(18)8-12(19)7-10/h4-8,13H,3H2,1-2H3,(H,21,24). The Morgan fingerprint density at radius 3 is 2.59 bits per heavy atom. The summed E-state index contributed by atoms with van der Waals surface area (Å²) in [5.74, 6) is 2.28. The Morgan fingerprint density at radius 2 is 1.93 bits per heavy atom. The highest BCUT2D eigenvalue weighted by atomic mass is 35.5. The lowest BCUT2D eigenvalue weighted by atomic mass is 10.2. The second kappa shape index (κ2) is 7.13. The molecule has 1 aromatic carbocycles. The van der Waals surface area contributed by atoms with Crippen molar-refractivity contribution < 1.29 is 4.52 Å². The molecule has 3 aromatic heterocycles. The SMILES string of the molecule is CCC(Nc1ccc2nnc(-c3cc(Cl)cc(Cl)c3)n2n1)c1noc(C)n1. The minimum Gasteiger partial charge on any atom is -0.358 e. The van der Waals surface area contributed by atoms with E-state index in [1.807, 2.05) is 19.1 Å². The number of benzene rings is 1. The first-order chi connectivity index (χ1) is 13.0. The van der Waals surface area contributed by atoms with E-state index in [0.29, 0.717) is 39.0 Å². The van der Waals surface area contributed by atoms with E-state index in [0.717, 1.165) is 12.0 Å². The van der Waals surface area contributed by atoms with Crippen LogP contribution in [0.5, 0.6) is 0 Å². The molecule has 0 radical (unpaired) electrons. The largest absolute Gasteiger partial charge is 0.358 e. The quantitative estimate of drug-likeness (QED) is 0.528. The molecule has 0 aliphatic rings. The Bertz CT molecular complexity index is 1090. The van der Waals surface area contributed by atoms with E-state index in [1.165, 1.54) is 0 Å². The maximum atomic E-state index is 6.11. The van der Waals surface area contributed by atoms with Crippen LogP contribution in [0.1, 0.15) is 31.1 Å². The van der Waals surface area contributed by atoms with Gasteiger partial charge in [-0.2, -0.15) is 9.50 Å². The summed E-state index contributed by atoms with van der Waals surface area (Å²) in [5, 5.41) is 21.3. The predicted octanol–water partition coefficient (Wildman–Crippen LogP) is 4.35. The number of aryl methyl sites for hydroxylation is 1. The molecule has 1 N–H and O–H groups in total. The molecule has 0 amide bonds. The lowest BCUT2D eigenvalue weighted by molar-refractivity contribution is 0.384. The van der Waals surface area contributed by atoms with Crippen LogP contribution in [0.25, 0.3) is 17.0 Å². The first kappa shape index (κ1) is 17.7. The molecule has 4 rings (SSSR count). The topological polar surface area (TPSA) is 94.0 Å². The van der Waals surface area contributed by atoms with Crippen LogP contribution in [0, 0.1) is 6.92 Å². The number of rotatable bonds is 5. The summed E-state index contributed by atoms with van der Waals surface area (Å²) < 4.78 is 6.71. The van der Waals surface area contributed by atoms with E-state index in [1.54, 1.807) is 29.6 Å². The Labute approximate surface area is 164 Å². The Balaban J connectivity index is 1.71. The molecular formula is C17H15Cl2N7O. The minimum absolute atomic E-state index is 0.132. The third kappa shape index (κ3) is 3.58. The molecule has 0 saturated carbocycles. The van der Waals surface area contributed by atoms with Gasteiger partial charge in [-0.3, -0.25) is 0 Å². The van der Waals surface area contributed by atoms with Crippen LogP contribution in [-0.2, 0) is 0 Å². The van der Waals surface area contributed by atoms with Gasteiger partial charge >= 0.3 is 0 Å². The Hall–Kier alpha value is -2.71. The number of aromatic nitrogens is 6. The Kier molecular flexibility index (Phi) is 4.67. The molecule has 8 nitrogen and oxygen atoms in total. The van der Waals surface area contributed by atoms with E-state index in [9.17, 15) is 0 Å². The van der Waals surface area contributed by atoms with Crippen molar-refractivity contribution in [1.82, 2.24) is 30.0 Å². The average molecular weight is 404 g/mol. The van der Waals surface area contributed by atoms with Crippen molar-refractivity contribution in [1.29, 1.82) is 0 Å². The van der Waals surface area contributed by atoms with Crippen LogP contribution in [-0.4, -0.2) is 30.0 Å². The van der Waals surface area contributed by atoms with E-state index in [4.69, 9.17) is 27.7 Å². The van der Waals surface area contributed by atoms with Gasteiger partial charge in [0, 0.05) is 22.5 Å². The fourth-order valence-corrected chi connectivity index (χ4v) is 3.24. The van der Waals surface area contributed by atoms with Gasteiger partial charge in [0.2, 0.25) is 5.89 Å². The number of nitrogens with one attached hydrogen (secondary N) is 1. The summed E-state index contributed by atoms with van der Waals surface area (Å²) in [4.78, 5) is 4.29. The molecule has 0 aliphatic heterocycles. The number of nitrogens with zero attached hydrogens (tertiary/aromatic N) is 6. The van der Waals surface area contributed by atoms with Gasteiger partial charge in [-0.25, -0.2) is 0 Å². The number of halogens is 2. The summed E-state index contributed by atoms with van der Waals surface area (Å²) in [7, 11) is 0. The molecule has 0 aliphatic carbocycles. The van der Waals surface area contributed by atoms with E-state index in [-0.39, 0.29) is 6.04 Å². The van der Waals surface area contributed by atoms with Gasteiger partial charge in [-0.05, 0) is 36.8 Å². The maximum Gasteiger partial charge on any atom is 0.223 e. The van der Waals surface area contributed by atoms with Crippen molar-refractivity contribution in [3.05, 3.63) is 52.1 Å². The van der Waals surface area contributed by atoms with Gasteiger partial charge in [0.1, 0.15) is 5.82 Å². The molecule has 0 saturated heterocycles. The fraction of sp³-hybridized carbons (Fsp3) is 0.235. The van der Waals surface area contributed by atoms with Crippen LogP contribution in [0.3, 0.4) is 0 Å². The first-order valence-electron chi connectivity index (χ1n) is 8.29. The van der Waals surface area contributed by atoms with E-state index >= 15 is 0 Å². The molecule has 0 bridgehead atoms. The fourth-order valence-electron chi connectivity index (χ4n) is 2.71. The second-order valence-electron chi connectivity index (χ2n) is 5.95. The summed E-state index contributed by atoms with van der Waals surface area (Å²) in [6.45, 7) is 3.78. The van der Waals surface area contributed by atoms with Gasteiger partial charge in [0.15, 0.2) is 17.3 Å². The molecule has 4 aromatic rings. The normalized spacial score (nSPS) is 12.4. The number of hydrogen-bond acceptors (Lipinski definition) is 7. The predicted molar refractivity (Wildman–Crippen MR) is 102 cm³/mol. The average Bonchev–Trinajstić information content (AvgIpc) is 3.24. The third-order valence-corrected chi connectivity index (χ3v) is 4.41. The van der Waals surface area contributed by atoms with Crippen LogP contribution >= 0.6 is 23.2 Å². The van der Waals surface area contributed by atoms with Crippen molar-refractivity contribution in [3.63, 3.8) is 0 Å². The van der Waals surface area contributed by atoms with Gasteiger partial charge in [-0.15, -0.1) is 15.3 Å². The smallest absolute Gasteiger partial charge is 0.223 e. The molecule has 3 heterocycles. The molecule has 1 atom stereocenters. The molecule has 1 unspecified atom stereocenters. The Morgan fingerprint density at radius 1 is 1.15 bits per heavy atom. The molecular weight excluding hydrogens is 389 g/mol. The van der Waals surface area contributed by atoms with Crippen molar-refractivity contribution in [2.24, 2.45) is 0 Å². The molecule has 0 fully saturated rings. The van der Waals surface area contributed by atoms with Gasteiger partial charge in [0.25, 0.3) is 0 Å². The van der Waals surface area contributed by atoms with Crippen LogP contribution < -0.4 is 5.32 Å². The van der Waals surface area contributed by atoms with Crippen LogP contribution in [0.2, 0.25) is 10.0 Å². The molecule has 10 heteroatoms. The van der Waals surface area contributed by atoms with Crippen molar-refractivity contribution >= 4 is 34.7 Å². The molecule has 0 spiro atoms. The first-order valence-corrected chi connectivity index (χ1v) is 9.04. The van der Waals surface area contributed by atoms with Gasteiger partial charge in [-0.1, -0.05) is 35.3 Å². The molecule has 138 valence electrons. The lowest BCUT2D eigenvalue weighted by Gasteiger charge is -2.13. The monoisotopic (exact) mass is 403 g/mol. The van der Waals surface area contributed by atoms with E-state index < -0.39 is 0 Å². The van der Waals surface area contributed by atoms with Crippen molar-refractivity contribution in [3.8, 4) is 11.4 Å². The van der Waals surface area contributed by atoms with Crippen LogP contribution in [0.15, 0.2) is 34.9 Å². The summed E-state index contributed by atoms with van der Waals surface area (Å²) in [6.07, 6.45) is 0.762. The second-order valence-corrected chi connectivity index (χ2v) is 6.82. The summed E-state index contributed by atoms with van der Waals surface area (Å²) in [6, 6.07) is 8.72. The zero-order chi connectivity index (χ0) is 19.0. The number of anilines is 1. The zero-order valence-electron chi connectivity index (χ0n) is 14.5. The highest BCUT2D eigenvalue weighted by Gasteiger charge is 2.17. The highest BCUT2D eigenvalue weighted by Crippen LogP contribution is 2.27. The number of fused-ring (bicyclic) bond motifs is 1. The number of hydrogen-bond donors (Lipinski definition) is 1. The molecule has 27 heavy (non-hydrogen) atoms. The maximum absolute atomic E-state index is 6.11. The summed E-state index contributed by atoms with van der Waals surface area (Å²) >= 11 is 12.2. The van der Waals surface area contributed by atoms with Crippen LogP contribution in [0.4, 0.5) is 5.82 Å². The van der Waals surface area contributed by atoms with E-state index in [2.05, 4.69) is 30.8 Å². The summed E-state index contributed by atoms with van der Waals surface area (Å²) in [5.41, 5.74) is 1.33. The zero-order valence-corrected chi connectivity index (χ0v) is 16.0.